The van der Waals surface area contributed by atoms with Gasteiger partial charge in [0.25, 0.3) is 5.91 Å². The van der Waals surface area contributed by atoms with Gasteiger partial charge in [0.15, 0.2) is 5.69 Å². The number of rotatable bonds is 5. The van der Waals surface area contributed by atoms with Crippen LogP contribution in [0.5, 0.6) is 0 Å². The largest absolute Gasteiger partial charge is 0.361 e. The van der Waals surface area contributed by atoms with Crippen molar-refractivity contribution >= 4 is 16.9 Å². The maximum atomic E-state index is 12.0. The third-order valence-corrected chi connectivity index (χ3v) is 4.22. The quantitative estimate of drug-likeness (QED) is 0.602. The van der Waals surface area contributed by atoms with Gasteiger partial charge in [-0.2, -0.15) is 0 Å². The molecule has 0 saturated heterocycles. The number of imidazole rings is 1. The Labute approximate surface area is 150 Å². The lowest BCUT2D eigenvalue weighted by Crippen LogP contribution is -2.23. The summed E-state index contributed by atoms with van der Waals surface area (Å²) in [6.07, 6.45) is 1.86. The van der Waals surface area contributed by atoms with Crippen LogP contribution in [0.15, 0.2) is 65.4 Å². The van der Waals surface area contributed by atoms with Gasteiger partial charge in [-0.05, 0) is 30.2 Å². The molecule has 4 rings (SSSR count). The fourth-order valence-corrected chi connectivity index (χ4v) is 2.84. The summed E-state index contributed by atoms with van der Waals surface area (Å²) in [5, 5.41) is 6.55. The predicted molar refractivity (Wildman–Crippen MR) is 97.7 cm³/mol. The molecule has 0 fully saturated rings. The van der Waals surface area contributed by atoms with Crippen molar-refractivity contribution in [1.82, 2.24) is 20.0 Å². The summed E-state index contributed by atoms with van der Waals surface area (Å²) >= 11 is 0. The van der Waals surface area contributed by atoms with Crippen molar-refractivity contribution in [2.24, 2.45) is 0 Å². The molecule has 130 valence electrons. The van der Waals surface area contributed by atoms with Crippen LogP contribution in [-0.2, 0) is 13.1 Å². The van der Waals surface area contributed by atoms with E-state index in [0.29, 0.717) is 18.0 Å². The van der Waals surface area contributed by atoms with Crippen molar-refractivity contribution in [2.75, 3.05) is 0 Å². The Balaban J connectivity index is 1.40. The predicted octanol–water partition coefficient (Wildman–Crippen LogP) is 3.31. The average molecular weight is 346 g/mol. The van der Waals surface area contributed by atoms with Crippen LogP contribution in [0.4, 0.5) is 0 Å². The minimum absolute atomic E-state index is 0.240. The smallest absolute Gasteiger partial charge is 0.273 e. The summed E-state index contributed by atoms with van der Waals surface area (Å²) in [6.45, 7) is 2.95. The summed E-state index contributed by atoms with van der Waals surface area (Å²) in [6, 6.07) is 17.9. The Morgan fingerprint density at radius 2 is 1.88 bits per heavy atom. The standard InChI is InChI=1S/C20H18N4O2/c1-14-10-18(23-26-14)20(25)21-11-15-6-8-16(9-7-15)12-24-13-22-17-4-2-3-5-19(17)24/h2-10,13H,11-12H2,1H3,(H,21,25). The molecular weight excluding hydrogens is 328 g/mol. The van der Waals surface area contributed by atoms with Crippen LogP contribution in [0.2, 0.25) is 0 Å². The maximum Gasteiger partial charge on any atom is 0.273 e. The molecule has 0 bridgehead atoms. The number of carbonyl (C=O) groups is 1. The van der Waals surface area contributed by atoms with E-state index in [1.807, 2.05) is 36.7 Å². The topological polar surface area (TPSA) is 73.0 Å². The summed E-state index contributed by atoms with van der Waals surface area (Å²) in [4.78, 5) is 16.4. The molecule has 0 atom stereocenters. The second kappa shape index (κ2) is 6.84. The van der Waals surface area contributed by atoms with Gasteiger partial charge in [0, 0.05) is 19.2 Å². The average Bonchev–Trinajstić information content (AvgIpc) is 3.28. The number of carbonyl (C=O) groups excluding carboxylic acids is 1. The number of nitrogens with one attached hydrogen (secondary N) is 1. The first-order valence-electron chi connectivity index (χ1n) is 8.38. The zero-order valence-corrected chi connectivity index (χ0v) is 14.3. The molecule has 0 aliphatic carbocycles. The lowest BCUT2D eigenvalue weighted by Gasteiger charge is -2.07. The number of aryl methyl sites for hydroxylation is 1. The van der Waals surface area contributed by atoms with Crippen LogP contribution in [0.25, 0.3) is 11.0 Å². The maximum absolute atomic E-state index is 12.0. The second-order valence-corrected chi connectivity index (χ2v) is 6.18. The van der Waals surface area contributed by atoms with Gasteiger partial charge in [-0.1, -0.05) is 41.6 Å². The van der Waals surface area contributed by atoms with Crippen LogP contribution in [0, 0.1) is 6.92 Å². The molecule has 6 nitrogen and oxygen atoms in total. The zero-order chi connectivity index (χ0) is 17.9. The highest BCUT2D eigenvalue weighted by Crippen LogP contribution is 2.14. The number of amides is 1. The minimum Gasteiger partial charge on any atom is -0.361 e. The van der Waals surface area contributed by atoms with Crippen molar-refractivity contribution in [1.29, 1.82) is 0 Å². The summed E-state index contributed by atoms with van der Waals surface area (Å²) in [7, 11) is 0. The van der Waals surface area contributed by atoms with E-state index in [9.17, 15) is 4.79 Å². The number of aromatic nitrogens is 3. The Morgan fingerprint density at radius 3 is 2.65 bits per heavy atom. The molecule has 0 aliphatic rings. The van der Waals surface area contributed by atoms with Gasteiger partial charge in [-0.3, -0.25) is 4.79 Å². The van der Waals surface area contributed by atoms with Crippen LogP contribution < -0.4 is 5.32 Å². The number of fused-ring (bicyclic) bond motifs is 1. The number of hydrogen-bond acceptors (Lipinski definition) is 4. The minimum atomic E-state index is -0.240. The molecule has 2 aromatic carbocycles. The van der Waals surface area contributed by atoms with Gasteiger partial charge in [-0.15, -0.1) is 0 Å². The molecule has 0 spiro atoms. The summed E-state index contributed by atoms with van der Waals surface area (Å²) in [5.74, 6) is 0.377. The van der Waals surface area contributed by atoms with Crippen molar-refractivity contribution in [2.45, 2.75) is 20.0 Å². The van der Waals surface area contributed by atoms with Gasteiger partial charge < -0.3 is 14.4 Å². The third-order valence-electron chi connectivity index (χ3n) is 4.22. The SMILES string of the molecule is Cc1cc(C(=O)NCc2ccc(Cn3cnc4ccccc43)cc2)no1. The number of hydrogen-bond donors (Lipinski definition) is 1. The van der Waals surface area contributed by atoms with Gasteiger partial charge in [0.05, 0.1) is 17.4 Å². The van der Waals surface area contributed by atoms with Gasteiger partial charge in [0.1, 0.15) is 5.76 Å². The first-order chi connectivity index (χ1) is 12.7. The van der Waals surface area contributed by atoms with Crippen LogP contribution in [0.1, 0.15) is 27.4 Å². The van der Waals surface area contributed by atoms with E-state index in [2.05, 4.69) is 38.2 Å². The van der Waals surface area contributed by atoms with E-state index in [1.54, 1.807) is 13.0 Å². The first-order valence-corrected chi connectivity index (χ1v) is 8.38. The molecule has 2 aromatic heterocycles. The lowest BCUT2D eigenvalue weighted by atomic mass is 10.1. The van der Waals surface area contributed by atoms with Crippen LogP contribution >= 0.6 is 0 Å². The van der Waals surface area contributed by atoms with E-state index < -0.39 is 0 Å². The Kier molecular flexibility index (Phi) is 4.23. The molecule has 4 aromatic rings. The van der Waals surface area contributed by atoms with E-state index in [1.165, 1.54) is 5.56 Å². The normalized spacial score (nSPS) is 11.0. The Morgan fingerprint density at radius 1 is 1.12 bits per heavy atom. The molecule has 1 amide bonds. The molecule has 0 radical (unpaired) electrons. The van der Waals surface area contributed by atoms with E-state index in [4.69, 9.17) is 4.52 Å². The summed E-state index contributed by atoms with van der Waals surface area (Å²) < 4.78 is 7.04. The van der Waals surface area contributed by atoms with Crippen LogP contribution in [0.3, 0.4) is 0 Å². The fourth-order valence-electron chi connectivity index (χ4n) is 2.84. The van der Waals surface area contributed by atoms with Gasteiger partial charge in [-0.25, -0.2) is 4.98 Å². The fraction of sp³-hybridized carbons (Fsp3) is 0.150. The molecule has 0 saturated carbocycles. The van der Waals surface area contributed by atoms with E-state index in [0.717, 1.165) is 23.1 Å². The van der Waals surface area contributed by atoms with Crippen molar-refractivity contribution < 1.29 is 9.32 Å². The third kappa shape index (κ3) is 3.35. The second-order valence-electron chi connectivity index (χ2n) is 6.18. The van der Waals surface area contributed by atoms with Crippen molar-refractivity contribution in [3.8, 4) is 0 Å². The molecule has 1 N–H and O–H groups in total. The highest BCUT2D eigenvalue weighted by Gasteiger charge is 2.10. The molecular formula is C20H18N4O2. The lowest BCUT2D eigenvalue weighted by molar-refractivity contribution is 0.0942. The number of para-hydroxylation sites is 2. The Bertz CT molecular complexity index is 1050. The monoisotopic (exact) mass is 346 g/mol. The highest BCUT2D eigenvalue weighted by molar-refractivity contribution is 5.92. The highest BCUT2D eigenvalue weighted by atomic mass is 16.5. The van der Waals surface area contributed by atoms with Crippen LogP contribution in [-0.4, -0.2) is 20.6 Å². The van der Waals surface area contributed by atoms with Crippen molar-refractivity contribution in [3.05, 3.63) is 83.5 Å². The number of benzene rings is 2. The van der Waals surface area contributed by atoms with E-state index >= 15 is 0 Å². The Hall–Kier alpha value is -3.41. The van der Waals surface area contributed by atoms with Crippen molar-refractivity contribution in [3.63, 3.8) is 0 Å². The molecule has 6 heteroatoms. The molecule has 0 aliphatic heterocycles. The van der Waals surface area contributed by atoms with Gasteiger partial charge in [0.2, 0.25) is 0 Å². The number of nitrogens with zero attached hydrogens (tertiary/aromatic N) is 3. The molecule has 0 unspecified atom stereocenters. The molecule has 26 heavy (non-hydrogen) atoms. The summed E-state index contributed by atoms with van der Waals surface area (Å²) in [5.41, 5.74) is 4.61. The van der Waals surface area contributed by atoms with E-state index in [-0.39, 0.29) is 5.91 Å². The first kappa shape index (κ1) is 16.1. The molecule has 2 heterocycles. The zero-order valence-electron chi connectivity index (χ0n) is 14.3. The van der Waals surface area contributed by atoms with Gasteiger partial charge >= 0.3 is 0 Å².